The number of hydrogen-bond acceptors (Lipinski definition) is 5. The lowest BCUT2D eigenvalue weighted by atomic mass is 10.0. The Morgan fingerprint density at radius 2 is 2.35 bits per heavy atom. The average molecular weight is 238 g/mol. The van der Waals surface area contributed by atoms with E-state index in [0.29, 0.717) is 6.42 Å². The molecule has 0 aromatic heterocycles. The van der Waals surface area contributed by atoms with E-state index in [9.17, 15) is 15.2 Å². The number of aromatic hydroxyl groups is 1. The van der Waals surface area contributed by atoms with Crippen molar-refractivity contribution in [2.45, 2.75) is 12.5 Å². The summed E-state index contributed by atoms with van der Waals surface area (Å²) >= 11 is 0. The number of benzene rings is 1. The van der Waals surface area contributed by atoms with Gasteiger partial charge in [-0.15, -0.1) is 6.58 Å². The summed E-state index contributed by atoms with van der Waals surface area (Å²) in [6, 6.07) is 1.84. The van der Waals surface area contributed by atoms with E-state index in [1.165, 1.54) is 13.2 Å². The van der Waals surface area contributed by atoms with Gasteiger partial charge in [0.1, 0.15) is 0 Å². The van der Waals surface area contributed by atoms with E-state index in [1.807, 2.05) is 0 Å². The van der Waals surface area contributed by atoms with Crippen LogP contribution in [0, 0.1) is 10.1 Å². The maximum absolute atomic E-state index is 10.7. The zero-order chi connectivity index (χ0) is 13.0. The fourth-order valence-corrected chi connectivity index (χ4v) is 1.46. The number of phenols is 1. The van der Waals surface area contributed by atoms with Crippen LogP contribution in [0.1, 0.15) is 18.0 Å². The number of phenolic OH excluding ortho intramolecular Hbond substituents is 1. The summed E-state index contributed by atoms with van der Waals surface area (Å²) in [6.45, 7) is 3.53. The van der Waals surface area contributed by atoms with Gasteiger partial charge in [-0.05, 0) is 6.42 Å². The van der Waals surface area contributed by atoms with E-state index in [2.05, 4.69) is 6.58 Å². The van der Waals surface area contributed by atoms with Crippen LogP contribution >= 0.6 is 0 Å². The Bertz CT molecular complexity index is 445. The highest BCUT2D eigenvalue weighted by Crippen LogP contribution is 2.37. The number of nitrogens with zero attached hydrogens (tertiary/aromatic N) is 1. The van der Waals surface area contributed by atoms with Crippen molar-refractivity contribution < 1.29 is 14.8 Å². The second kappa shape index (κ2) is 5.31. The zero-order valence-electron chi connectivity index (χ0n) is 9.42. The molecule has 1 aromatic rings. The van der Waals surface area contributed by atoms with E-state index in [0.717, 1.165) is 6.07 Å². The fraction of sp³-hybridized carbons (Fsp3) is 0.273. The Balaban J connectivity index is 3.31. The normalized spacial score (nSPS) is 11.9. The number of methoxy groups -OCH3 is 1. The molecule has 0 aliphatic rings. The number of nitrogens with two attached hydrogens (primary N) is 1. The first-order chi connectivity index (χ1) is 8.01. The van der Waals surface area contributed by atoms with E-state index in [4.69, 9.17) is 10.5 Å². The topological polar surface area (TPSA) is 98.6 Å². The van der Waals surface area contributed by atoms with Crippen molar-refractivity contribution >= 4 is 5.69 Å². The second-order valence-corrected chi connectivity index (χ2v) is 3.47. The number of nitro groups is 1. The second-order valence-electron chi connectivity index (χ2n) is 3.47. The molecule has 1 atom stereocenters. The van der Waals surface area contributed by atoms with Gasteiger partial charge in [-0.25, -0.2) is 0 Å². The Hall–Kier alpha value is -2.08. The van der Waals surface area contributed by atoms with E-state index in [1.54, 1.807) is 6.08 Å². The van der Waals surface area contributed by atoms with Crippen LogP contribution in [0.4, 0.5) is 5.69 Å². The first-order valence-corrected chi connectivity index (χ1v) is 4.93. The molecule has 0 aliphatic carbocycles. The summed E-state index contributed by atoms with van der Waals surface area (Å²) < 4.78 is 4.87. The summed E-state index contributed by atoms with van der Waals surface area (Å²) in [4.78, 5) is 10.2. The summed E-state index contributed by atoms with van der Waals surface area (Å²) in [6.07, 6.45) is 1.98. The van der Waals surface area contributed by atoms with E-state index >= 15 is 0 Å². The summed E-state index contributed by atoms with van der Waals surface area (Å²) in [5.41, 5.74) is 5.89. The first-order valence-electron chi connectivity index (χ1n) is 4.93. The molecule has 3 N–H and O–H groups in total. The number of rotatable bonds is 5. The smallest absolute Gasteiger partial charge is 0.273 e. The molecule has 0 aliphatic heterocycles. The molecular formula is C11H14N2O4. The number of non-ortho nitro benzene ring substituents is 1. The van der Waals surface area contributed by atoms with Crippen molar-refractivity contribution in [3.05, 3.63) is 40.5 Å². The van der Waals surface area contributed by atoms with Gasteiger partial charge in [0, 0.05) is 17.7 Å². The molecule has 0 spiro atoms. The maximum atomic E-state index is 10.7. The third kappa shape index (κ3) is 2.73. The minimum Gasteiger partial charge on any atom is -0.504 e. The van der Waals surface area contributed by atoms with Gasteiger partial charge in [-0.1, -0.05) is 6.08 Å². The van der Waals surface area contributed by atoms with Crippen molar-refractivity contribution in [3.8, 4) is 11.5 Å². The predicted octanol–water partition coefficient (Wildman–Crippen LogP) is 1.88. The largest absolute Gasteiger partial charge is 0.504 e. The molecule has 0 radical (unpaired) electrons. The van der Waals surface area contributed by atoms with Crippen LogP contribution in [0.2, 0.25) is 0 Å². The molecule has 0 saturated carbocycles. The van der Waals surface area contributed by atoms with Crippen LogP contribution in [-0.2, 0) is 0 Å². The minimum absolute atomic E-state index is 0.0358. The molecular weight excluding hydrogens is 224 g/mol. The van der Waals surface area contributed by atoms with E-state index in [-0.39, 0.29) is 22.7 Å². The summed E-state index contributed by atoms with van der Waals surface area (Å²) in [7, 11) is 1.32. The molecule has 92 valence electrons. The first kappa shape index (κ1) is 13.0. The molecule has 1 aromatic carbocycles. The Labute approximate surface area is 98.5 Å². The molecule has 0 amide bonds. The lowest BCUT2D eigenvalue weighted by Gasteiger charge is -2.13. The average Bonchev–Trinajstić information content (AvgIpc) is 2.29. The molecule has 0 bridgehead atoms. The lowest BCUT2D eigenvalue weighted by Crippen LogP contribution is -2.10. The SMILES string of the molecule is C=CC[C@H](N)c1cc([N+](=O)[O-])cc(OC)c1O. The minimum atomic E-state index is -0.563. The fourth-order valence-electron chi connectivity index (χ4n) is 1.46. The van der Waals surface area contributed by atoms with Crippen molar-refractivity contribution in [3.63, 3.8) is 0 Å². The van der Waals surface area contributed by atoms with Crippen molar-refractivity contribution in [2.24, 2.45) is 5.73 Å². The van der Waals surface area contributed by atoms with Gasteiger partial charge in [-0.3, -0.25) is 10.1 Å². The van der Waals surface area contributed by atoms with Gasteiger partial charge < -0.3 is 15.6 Å². The lowest BCUT2D eigenvalue weighted by molar-refractivity contribution is -0.385. The zero-order valence-corrected chi connectivity index (χ0v) is 9.42. The van der Waals surface area contributed by atoms with Gasteiger partial charge in [0.25, 0.3) is 5.69 Å². The van der Waals surface area contributed by atoms with E-state index < -0.39 is 11.0 Å². The van der Waals surface area contributed by atoms with Crippen molar-refractivity contribution in [1.29, 1.82) is 0 Å². The summed E-state index contributed by atoms with van der Waals surface area (Å²) in [5.74, 6) is -0.138. The summed E-state index contributed by atoms with van der Waals surface area (Å²) in [5, 5.41) is 20.6. The quantitative estimate of drug-likeness (QED) is 0.463. The van der Waals surface area contributed by atoms with Gasteiger partial charge in [0.15, 0.2) is 11.5 Å². The highest BCUT2D eigenvalue weighted by molar-refractivity contribution is 5.54. The highest BCUT2D eigenvalue weighted by atomic mass is 16.6. The van der Waals surface area contributed by atoms with Crippen LogP contribution in [0.25, 0.3) is 0 Å². The molecule has 0 fully saturated rings. The van der Waals surface area contributed by atoms with Crippen molar-refractivity contribution in [1.82, 2.24) is 0 Å². The van der Waals surface area contributed by atoms with Crippen LogP contribution in [-0.4, -0.2) is 17.1 Å². The molecule has 0 unspecified atom stereocenters. The third-order valence-corrected chi connectivity index (χ3v) is 2.34. The van der Waals surface area contributed by atoms with Crippen LogP contribution in [0.3, 0.4) is 0 Å². The molecule has 6 nitrogen and oxygen atoms in total. The Morgan fingerprint density at radius 1 is 1.71 bits per heavy atom. The standard InChI is InChI=1S/C11H14N2O4/c1-3-4-9(12)8-5-7(13(15)16)6-10(17-2)11(8)14/h3,5-6,9,14H,1,4,12H2,2H3/t9-/m0/s1. The van der Waals surface area contributed by atoms with Crippen molar-refractivity contribution in [2.75, 3.05) is 7.11 Å². The number of nitro benzene ring substituents is 1. The Morgan fingerprint density at radius 3 is 2.82 bits per heavy atom. The van der Waals surface area contributed by atoms with Gasteiger partial charge >= 0.3 is 0 Å². The monoisotopic (exact) mass is 238 g/mol. The predicted molar refractivity (Wildman–Crippen MR) is 63.1 cm³/mol. The van der Waals surface area contributed by atoms with Crippen LogP contribution < -0.4 is 10.5 Å². The molecule has 17 heavy (non-hydrogen) atoms. The molecule has 0 saturated heterocycles. The van der Waals surface area contributed by atoms with Gasteiger partial charge in [0.2, 0.25) is 0 Å². The van der Waals surface area contributed by atoms with Gasteiger partial charge in [0.05, 0.1) is 18.1 Å². The number of hydrogen-bond donors (Lipinski definition) is 2. The van der Waals surface area contributed by atoms with Gasteiger partial charge in [-0.2, -0.15) is 0 Å². The Kier molecular flexibility index (Phi) is 4.06. The molecule has 1 rings (SSSR count). The third-order valence-electron chi connectivity index (χ3n) is 2.34. The van der Waals surface area contributed by atoms with Crippen LogP contribution in [0.15, 0.2) is 24.8 Å². The van der Waals surface area contributed by atoms with Crippen LogP contribution in [0.5, 0.6) is 11.5 Å². The highest BCUT2D eigenvalue weighted by Gasteiger charge is 2.20. The maximum Gasteiger partial charge on any atom is 0.273 e. The number of ether oxygens (including phenoxy) is 1. The molecule has 6 heteroatoms. The molecule has 0 heterocycles.